The lowest BCUT2D eigenvalue weighted by Gasteiger charge is -2.27. The molecule has 1 unspecified atom stereocenters. The van der Waals surface area contributed by atoms with Crippen molar-refractivity contribution in [2.24, 2.45) is 0 Å². The summed E-state index contributed by atoms with van der Waals surface area (Å²) in [5.74, 6) is -0.238. The Morgan fingerprint density at radius 2 is 2.00 bits per heavy atom. The summed E-state index contributed by atoms with van der Waals surface area (Å²) in [7, 11) is 0. The number of hydrogen-bond donors (Lipinski definition) is 1. The van der Waals surface area contributed by atoms with Crippen LogP contribution in [0.25, 0.3) is 5.65 Å². The number of pyridine rings is 1. The third-order valence-corrected chi connectivity index (χ3v) is 5.28. The number of nitrogens with one attached hydrogen (secondary N) is 1. The lowest BCUT2D eigenvalue weighted by Crippen LogP contribution is -2.32. The second-order valence-corrected chi connectivity index (χ2v) is 6.80. The third-order valence-electron chi connectivity index (χ3n) is 4.45. The first-order valence-corrected chi connectivity index (χ1v) is 8.48. The van der Waals surface area contributed by atoms with Gasteiger partial charge in [-0.15, -0.1) is 0 Å². The van der Waals surface area contributed by atoms with Crippen LogP contribution in [0.1, 0.15) is 29.0 Å². The number of amides is 1. The second kappa shape index (κ2) is 5.86. The molecule has 0 saturated carbocycles. The third kappa shape index (κ3) is 2.51. The minimum Gasteiger partial charge on any atom is -0.311 e. The van der Waals surface area contributed by atoms with Gasteiger partial charge in [-0.2, -0.15) is 4.98 Å². The van der Waals surface area contributed by atoms with Gasteiger partial charge in [-0.25, -0.2) is 0 Å². The van der Waals surface area contributed by atoms with Crippen LogP contribution >= 0.6 is 23.2 Å². The number of benzene rings is 1. The Hall–Kier alpha value is -2.37. The molecule has 0 bridgehead atoms. The van der Waals surface area contributed by atoms with Gasteiger partial charge in [0.15, 0.2) is 0 Å². The smallest absolute Gasteiger partial charge is 0.279 e. The summed E-state index contributed by atoms with van der Waals surface area (Å²) in [4.78, 5) is 29.3. The summed E-state index contributed by atoms with van der Waals surface area (Å²) in [5, 5.41) is 3.55. The molecule has 0 radical (unpaired) electrons. The van der Waals surface area contributed by atoms with E-state index in [0.29, 0.717) is 32.6 Å². The largest absolute Gasteiger partial charge is 0.311 e. The van der Waals surface area contributed by atoms with Crippen LogP contribution in [-0.2, 0) is 4.79 Å². The fraction of sp³-hybridized carbons (Fsp3) is 0.167. The number of carbonyl (C=O) groups is 1. The van der Waals surface area contributed by atoms with Gasteiger partial charge in [0.2, 0.25) is 5.91 Å². The molecule has 1 atom stereocenters. The molecule has 1 aliphatic rings. The zero-order valence-corrected chi connectivity index (χ0v) is 14.7. The Balaban J connectivity index is 2.06. The second-order valence-electron chi connectivity index (χ2n) is 6.01. The van der Waals surface area contributed by atoms with Gasteiger partial charge in [0.1, 0.15) is 11.5 Å². The van der Waals surface area contributed by atoms with Crippen LogP contribution < -0.4 is 10.9 Å². The van der Waals surface area contributed by atoms with Crippen molar-refractivity contribution in [3.8, 4) is 0 Å². The van der Waals surface area contributed by atoms with Gasteiger partial charge in [-0.3, -0.25) is 14.0 Å². The topological polar surface area (TPSA) is 63.5 Å². The number of carbonyl (C=O) groups excluding carboxylic acids is 1. The van der Waals surface area contributed by atoms with Gasteiger partial charge in [0, 0.05) is 18.5 Å². The molecule has 0 aliphatic carbocycles. The summed E-state index contributed by atoms with van der Waals surface area (Å²) in [6.07, 6.45) is 1.89. The fourth-order valence-corrected chi connectivity index (χ4v) is 3.73. The molecule has 1 amide bonds. The van der Waals surface area contributed by atoms with E-state index in [1.807, 2.05) is 19.1 Å². The molecule has 0 fully saturated rings. The van der Waals surface area contributed by atoms with Crippen LogP contribution in [0.3, 0.4) is 0 Å². The molecule has 7 heteroatoms. The molecule has 1 aromatic carbocycles. The SMILES string of the molecule is Cc1cccn2c3c(c(=O)nc12)C(c1cccc(Cl)c1Cl)CC(=O)N3. The molecule has 5 nitrogen and oxygen atoms in total. The van der Waals surface area contributed by atoms with Crippen molar-refractivity contribution in [2.75, 3.05) is 5.32 Å². The molecule has 4 rings (SSSR count). The Bertz CT molecular complexity index is 1090. The maximum Gasteiger partial charge on any atom is 0.279 e. The van der Waals surface area contributed by atoms with E-state index in [9.17, 15) is 9.59 Å². The molecule has 3 aromatic rings. The van der Waals surface area contributed by atoms with Gasteiger partial charge in [0.05, 0.1) is 15.6 Å². The average molecular weight is 374 g/mol. The van der Waals surface area contributed by atoms with E-state index in [-0.39, 0.29) is 17.9 Å². The van der Waals surface area contributed by atoms with Crippen LogP contribution in [-0.4, -0.2) is 15.3 Å². The van der Waals surface area contributed by atoms with Crippen molar-refractivity contribution < 1.29 is 4.79 Å². The molecule has 3 heterocycles. The average Bonchev–Trinajstić information content (AvgIpc) is 2.58. The Kier molecular flexibility index (Phi) is 3.78. The minimum atomic E-state index is -0.493. The number of hydrogen-bond acceptors (Lipinski definition) is 3. The predicted molar refractivity (Wildman–Crippen MR) is 97.8 cm³/mol. The molecule has 126 valence electrons. The summed E-state index contributed by atoms with van der Waals surface area (Å²) < 4.78 is 1.73. The lowest BCUT2D eigenvalue weighted by atomic mass is 9.86. The molecule has 2 aromatic heterocycles. The van der Waals surface area contributed by atoms with Crippen molar-refractivity contribution in [1.29, 1.82) is 0 Å². The molecule has 25 heavy (non-hydrogen) atoms. The van der Waals surface area contributed by atoms with Crippen molar-refractivity contribution in [3.05, 3.63) is 73.6 Å². The van der Waals surface area contributed by atoms with E-state index < -0.39 is 5.92 Å². The molecular weight excluding hydrogens is 361 g/mol. The first kappa shape index (κ1) is 16.1. The minimum absolute atomic E-state index is 0.113. The predicted octanol–water partition coefficient (Wildman–Crippen LogP) is 3.78. The van der Waals surface area contributed by atoms with Crippen LogP contribution in [0, 0.1) is 6.92 Å². The van der Waals surface area contributed by atoms with E-state index in [1.54, 1.807) is 28.8 Å². The Labute approximate surface area is 153 Å². The quantitative estimate of drug-likeness (QED) is 0.705. The van der Waals surface area contributed by atoms with E-state index in [1.165, 1.54) is 0 Å². The molecule has 0 spiro atoms. The number of fused-ring (bicyclic) bond motifs is 3. The van der Waals surface area contributed by atoms with Crippen molar-refractivity contribution >= 4 is 40.6 Å². The fourth-order valence-electron chi connectivity index (χ4n) is 3.29. The molecular formula is C18H13Cl2N3O2. The maximum atomic E-state index is 12.8. The van der Waals surface area contributed by atoms with Gasteiger partial charge < -0.3 is 5.32 Å². The normalized spacial score (nSPS) is 16.6. The summed E-state index contributed by atoms with van der Waals surface area (Å²) in [6, 6.07) is 8.92. The molecule has 1 N–H and O–H groups in total. The summed E-state index contributed by atoms with van der Waals surface area (Å²) >= 11 is 12.5. The highest BCUT2D eigenvalue weighted by molar-refractivity contribution is 6.42. The van der Waals surface area contributed by atoms with Gasteiger partial charge in [-0.1, -0.05) is 41.4 Å². The van der Waals surface area contributed by atoms with Crippen LogP contribution in [0.5, 0.6) is 0 Å². The number of rotatable bonds is 1. The van der Waals surface area contributed by atoms with E-state index in [2.05, 4.69) is 10.3 Å². The van der Waals surface area contributed by atoms with Crippen molar-refractivity contribution in [1.82, 2.24) is 9.38 Å². The first-order valence-electron chi connectivity index (χ1n) is 7.73. The van der Waals surface area contributed by atoms with Crippen molar-refractivity contribution in [2.45, 2.75) is 19.3 Å². The number of halogens is 2. The van der Waals surface area contributed by atoms with Gasteiger partial charge in [-0.05, 0) is 30.2 Å². The van der Waals surface area contributed by atoms with Gasteiger partial charge >= 0.3 is 0 Å². The monoisotopic (exact) mass is 373 g/mol. The standard InChI is InChI=1S/C18H13Cl2N3O2/c1-9-4-3-7-23-16(9)22-18(25)14-11(8-13(24)21-17(14)23)10-5-2-6-12(19)15(10)20/h2-7,11H,8H2,1H3,(H,21,24). The molecule has 1 aliphatic heterocycles. The highest BCUT2D eigenvalue weighted by Gasteiger charge is 2.33. The number of aryl methyl sites for hydroxylation is 1. The van der Waals surface area contributed by atoms with Crippen LogP contribution in [0.4, 0.5) is 5.82 Å². The van der Waals surface area contributed by atoms with E-state index >= 15 is 0 Å². The van der Waals surface area contributed by atoms with Crippen LogP contribution in [0.15, 0.2) is 41.3 Å². The summed E-state index contributed by atoms with van der Waals surface area (Å²) in [6.45, 7) is 1.87. The first-order chi connectivity index (χ1) is 12.0. The highest BCUT2D eigenvalue weighted by Crippen LogP contribution is 2.40. The summed E-state index contributed by atoms with van der Waals surface area (Å²) in [5.41, 5.74) is 2.07. The van der Waals surface area contributed by atoms with Crippen LogP contribution in [0.2, 0.25) is 10.0 Å². The van der Waals surface area contributed by atoms with Gasteiger partial charge in [0.25, 0.3) is 5.56 Å². The number of nitrogens with zero attached hydrogens (tertiary/aromatic N) is 2. The van der Waals surface area contributed by atoms with Crippen molar-refractivity contribution in [3.63, 3.8) is 0 Å². The number of anilines is 1. The lowest BCUT2D eigenvalue weighted by molar-refractivity contribution is -0.116. The molecule has 0 saturated heterocycles. The zero-order valence-electron chi connectivity index (χ0n) is 13.2. The number of aromatic nitrogens is 2. The van der Waals surface area contributed by atoms with E-state index in [0.717, 1.165) is 5.56 Å². The Morgan fingerprint density at radius 3 is 2.80 bits per heavy atom. The maximum absolute atomic E-state index is 12.8. The Morgan fingerprint density at radius 1 is 1.20 bits per heavy atom. The van der Waals surface area contributed by atoms with E-state index in [4.69, 9.17) is 23.2 Å². The highest BCUT2D eigenvalue weighted by atomic mass is 35.5. The zero-order chi connectivity index (χ0) is 17.7.